The molecule has 0 aliphatic carbocycles. The molecular formula is C16H18ClN3O6S3. The number of β-lactam (4-membered cyclic amide) rings is 1. The molecule has 9 nitrogen and oxygen atoms in total. The molecule has 3 rings (SSSR count). The lowest BCUT2D eigenvalue weighted by molar-refractivity contribution is -0.166. The van der Waals surface area contributed by atoms with Crippen molar-refractivity contribution in [3.63, 3.8) is 0 Å². The topological polar surface area (TPSA) is 129 Å². The van der Waals surface area contributed by atoms with Crippen LogP contribution in [0.25, 0.3) is 0 Å². The molecule has 1 aromatic rings. The largest absolute Gasteiger partial charge is 0.428 e. The van der Waals surface area contributed by atoms with Gasteiger partial charge in [0.05, 0.1) is 0 Å². The van der Waals surface area contributed by atoms with E-state index in [1.165, 1.54) is 34.9 Å². The summed E-state index contributed by atoms with van der Waals surface area (Å²) in [7, 11) is 0. The van der Waals surface area contributed by atoms with Crippen molar-refractivity contribution in [3.8, 4) is 0 Å². The van der Waals surface area contributed by atoms with Gasteiger partial charge >= 0.3 is 11.9 Å². The Morgan fingerprint density at radius 1 is 1.38 bits per heavy atom. The Labute approximate surface area is 185 Å². The SMILES string of the molecule is CC(=O)OCOC(=O)C1=C(CSC(=O)c2ncc(C)s2)CS[C@@H]2C(N)C(=O)N12.Cl. The van der Waals surface area contributed by atoms with E-state index >= 15 is 0 Å². The van der Waals surface area contributed by atoms with Gasteiger partial charge < -0.3 is 15.2 Å². The smallest absolute Gasteiger partial charge is 0.357 e. The van der Waals surface area contributed by atoms with E-state index in [1.807, 2.05) is 6.92 Å². The quantitative estimate of drug-likeness (QED) is 0.362. The minimum Gasteiger partial charge on any atom is -0.428 e. The fraction of sp³-hybridized carbons (Fsp3) is 0.438. The van der Waals surface area contributed by atoms with Crippen molar-refractivity contribution >= 4 is 70.2 Å². The average molecular weight is 480 g/mol. The highest BCUT2D eigenvalue weighted by Gasteiger charge is 2.52. The first-order valence-corrected chi connectivity index (χ1v) is 11.0. The Kier molecular flexibility index (Phi) is 8.11. The lowest BCUT2D eigenvalue weighted by Crippen LogP contribution is -2.68. The Morgan fingerprint density at radius 3 is 2.72 bits per heavy atom. The monoisotopic (exact) mass is 479 g/mol. The lowest BCUT2D eigenvalue weighted by atomic mass is 10.0. The summed E-state index contributed by atoms with van der Waals surface area (Å²) in [6.07, 6.45) is 1.62. The van der Waals surface area contributed by atoms with Crippen molar-refractivity contribution in [1.82, 2.24) is 9.88 Å². The second-order valence-corrected chi connectivity index (χ2v) is 9.21. The van der Waals surface area contributed by atoms with Gasteiger partial charge in [-0.25, -0.2) is 9.78 Å². The predicted octanol–water partition coefficient (Wildman–Crippen LogP) is 1.31. The second-order valence-electron chi connectivity index (χ2n) is 5.93. The number of carbonyl (C=O) groups is 4. The summed E-state index contributed by atoms with van der Waals surface area (Å²) >= 11 is 3.72. The molecule has 0 bridgehead atoms. The Hall–Kier alpha value is -1.60. The van der Waals surface area contributed by atoms with E-state index in [2.05, 4.69) is 9.72 Å². The fourth-order valence-corrected chi connectivity index (χ4v) is 5.62. The number of hydrogen-bond acceptors (Lipinski definition) is 11. The van der Waals surface area contributed by atoms with Gasteiger partial charge in [-0.15, -0.1) is 35.5 Å². The van der Waals surface area contributed by atoms with Gasteiger partial charge in [-0.2, -0.15) is 0 Å². The van der Waals surface area contributed by atoms with Crippen LogP contribution in [0.15, 0.2) is 17.5 Å². The minimum absolute atomic E-state index is 0. The van der Waals surface area contributed by atoms with Crippen molar-refractivity contribution in [2.75, 3.05) is 18.3 Å². The van der Waals surface area contributed by atoms with E-state index in [-0.39, 0.29) is 40.3 Å². The molecule has 2 N–H and O–H groups in total. The van der Waals surface area contributed by atoms with Crippen LogP contribution in [0.1, 0.15) is 21.6 Å². The van der Waals surface area contributed by atoms with Gasteiger partial charge in [-0.3, -0.25) is 19.3 Å². The van der Waals surface area contributed by atoms with Crippen LogP contribution in [0, 0.1) is 6.92 Å². The normalized spacial score (nSPS) is 20.4. The van der Waals surface area contributed by atoms with Crippen molar-refractivity contribution in [3.05, 3.63) is 27.4 Å². The van der Waals surface area contributed by atoms with Crippen LogP contribution in [0.3, 0.4) is 0 Å². The molecule has 2 aliphatic rings. The Bertz CT molecular complexity index is 874. The van der Waals surface area contributed by atoms with Crippen LogP contribution in [0.5, 0.6) is 0 Å². The first-order chi connectivity index (χ1) is 13.3. The molecule has 2 aliphatic heterocycles. The summed E-state index contributed by atoms with van der Waals surface area (Å²) in [5.41, 5.74) is 6.45. The maximum atomic E-state index is 12.5. The predicted molar refractivity (Wildman–Crippen MR) is 112 cm³/mol. The first kappa shape index (κ1) is 23.7. The maximum Gasteiger partial charge on any atom is 0.357 e. The highest BCUT2D eigenvalue weighted by molar-refractivity contribution is 8.14. The molecule has 0 aromatic carbocycles. The van der Waals surface area contributed by atoms with Crippen molar-refractivity contribution in [2.24, 2.45) is 5.73 Å². The number of thiazole rings is 1. The second kappa shape index (κ2) is 9.94. The molecule has 1 amide bonds. The zero-order chi connectivity index (χ0) is 20.4. The van der Waals surface area contributed by atoms with Crippen LogP contribution < -0.4 is 5.73 Å². The summed E-state index contributed by atoms with van der Waals surface area (Å²) in [5.74, 6) is -1.15. The molecule has 1 unspecified atom stereocenters. The fourth-order valence-electron chi connectivity index (χ4n) is 2.58. The van der Waals surface area contributed by atoms with Crippen molar-refractivity contribution in [1.29, 1.82) is 0 Å². The number of nitrogens with two attached hydrogens (primary N) is 1. The number of hydrogen-bond donors (Lipinski definition) is 1. The summed E-state index contributed by atoms with van der Waals surface area (Å²) in [5, 5.41) is -0.183. The van der Waals surface area contributed by atoms with Gasteiger partial charge in [0.2, 0.25) is 17.8 Å². The average Bonchev–Trinajstić information content (AvgIpc) is 3.10. The van der Waals surface area contributed by atoms with Gasteiger partial charge in [-0.1, -0.05) is 11.8 Å². The molecule has 13 heteroatoms. The van der Waals surface area contributed by atoms with Crippen molar-refractivity contribution in [2.45, 2.75) is 25.3 Å². The molecule has 1 saturated heterocycles. The van der Waals surface area contributed by atoms with Gasteiger partial charge in [0, 0.05) is 29.5 Å². The van der Waals surface area contributed by atoms with E-state index < -0.39 is 24.8 Å². The summed E-state index contributed by atoms with van der Waals surface area (Å²) in [4.78, 5) is 54.1. The van der Waals surface area contributed by atoms with Gasteiger partial charge in [0.1, 0.15) is 17.1 Å². The summed E-state index contributed by atoms with van der Waals surface area (Å²) < 4.78 is 9.59. The van der Waals surface area contributed by atoms with E-state index in [4.69, 9.17) is 10.5 Å². The van der Waals surface area contributed by atoms with E-state index in [9.17, 15) is 19.2 Å². The molecule has 1 aromatic heterocycles. The van der Waals surface area contributed by atoms with E-state index in [0.717, 1.165) is 16.6 Å². The van der Waals surface area contributed by atoms with Crippen LogP contribution in [-0.2, 0) is 23.9 Å². The van der Waals surface area contributed by atoms with Crippen LogP contribution in [0.4, 0.5) is 0 Å². The molecule has 1 fully saturated rings. The zero-order valence-electron chi connectivity index (χ0n) is 15.4. The molecule has 0 radical (unpaired) electrons. The number of rotatable bonds is 6. The molecule has 158 valence electrons. The third kappa shape index (κ3) is 5.12. The van der Waals surface area contributed by atoms with E-state index in [1.54, 1.807) is 6.20 Å². The number of halogens is 1. The standard InChI is InChI=1S/C16H17N3O6S3.ClH/c1-7-3-18-12(28-7)16(23)27-5-9-4-26-14-10(17)13(21)19(14)11(9)15(22)25-6-24-8(2)20;/h3,10,14H,4-6,17H2,1-2H3;1H/t10?,14-;/m1./s1. The molecule has 0 saturated carbocycles. The number of carbonyl (C=O) groups excluding carboxylic acids is 4. The van der Waals surface area contributed by atoms with Crippen LogP contribution >= 0.6 is 47.3 Å². The summed E-state index contributed by atoms with van der Waals surface area (Å²) in [6, 6.07) is -0.685. The maximum absolute atomic E-state index is 12.5. The van der Waals surface area contributed by atoms with Gasteiger partial charge in [0.25, 0.3) is 0 Å². The number of ether oxygens (including phenoxy) is 2. The number of aryl methyl sites for hydroxylation is 1. The molecule has 2 atom stereocenters. The van der Waals surface area contributed by atoms with Gasteiger partial charge in [0.15, 0.2) is 5.01 Å². The highest BCUT2D eigenvalue weighted by atomic mass is 35.5. The number of thioether (sulfide) groups is 2. The van der Waals surface area contributed by atoms with Crippen molar-refractivity contribution < 1.29 is 28.7 Å². The lowest BCUT2D eigenvalue weighted by Gasteiger charge is -2.48. The number of aromatic nitrogens is 1. The first-order valence-electron chi connectivity index (χ1n) is 8.12. The Morgan fingerprint density at radius 2 is 2.10 bits per heavy atom. The molecular weight excluding hydrogens is 462 g/mol. The zero-order valence-corrected chi connectivity index (χ0v) is 18.7. The number of nitrogens with zero attached hydrogens (tertiary/aromatic N) is 2. The highest BCUT2D eigenvalue weighted by Crippen LogP contribution is 2.40. The van der Waals surface area contributed by atoms with Gasteiger partial charge in [-0.05, 0) is 12.5 Å². The third-order valence-corrected chi connectivity index (χ3v) is 7.26. The number of esters is 2. The molecule has 3 heterocycles. The summed E-state index contributed by atoms with van der Waals surface area (Å²) in [6.45, 7) is 2.49. The Balaban J connectivity index is 0.00000300. The van der Waals surface area contributed by atoms with Crippen LogP contribution in [0.2, 0.25) is 0 Å². The van der Waals surface area contributed by atoms with E-state index in [0.29, 0.717) is 16.3 Å². The number of amides is 1. The third-order valence-electron chi connectivity index (χ3n) is 3.91. The molecule has 29 heavy (non-hydrogen) atoms. The van der Waals surface area contributed by atoms with Crippen LogP contribution in [-0.4, -0.2) is 62.6 Å². The minimum atomic E-state index is -0.792. The number of fused-ring (bicyclic) bond motifs is 1. The molecule has 0 spiro atoms.